The molecule has 1 heterocycles. The Morgan fingerprint density at radius 1 is 1.45 bits per heavy atom. The molecule has 0 aromatic carbocycles. The van der Waals surface area contributed by atoms with Crippen LogP contribution in [-0.4, -0.2) is 15.2 Å². The molecule has 0 atom stereocenters. The van der Waals surface area contributed by atoms with Crippen LogP contribution in [0.25, 0.3) is 0 Å². The van der Waals surface area contributed by atoms with E-state index in [1.54, 1.807) is 0 Å². The molecule has 0 spiro atoms. The van der Waals surface area contributed by atoms with Crippen molar-refractivity contribution in [2.24, 2.45) is 0 Å². The first-order chi connectivity index (χ1) is 5.27. The van der Waals surface area contributed by atoms with Gasteiger partial charge in [-0.25, -0.2) is 13.8 Å². The lowest BCUT2D eigenvalue weighted by Gasteiger charge is -1.86. The Kier molecular flexibility index (Phi) is 1.37. The number of nitrogens with one attached hydrogen (secondary N) is 1. The maximum Gasteiger partial charge on any atom is 0.299 e. The van der Waals surface area contributed by atoms with E-state index in [2.05, 4.69) is 15.2 Å². The Morgan fingerprint density at radius 2 is 2.18 bits per heavy atom. The van der Waals surface area contributed by atoms with Gasteiger partial charge >= 0.3 is 0 Å². The van der Waals surface area contributed by atoms with E-state index < -0.39 is 6.43 Å². The molecule has 1 aliphatic carbocycles. The van der Waals surface area contributed by atoms with Gasteiger partial charge in [0.2, 0.25) is 5.82 Å². The summed E-state index contributed by atoms with van der Waals surface area (Å²) in [6.07, 6.45) is -0.478. The van der Waals surface area contributed by atoms with E-state index in [0.717, 1.165) is 12.8 Å². The van der Waals surface area contributed by atoms with Crippen LogP contribution in [0.3, 0.4) is 0 Å². The maximum absolute atomic E-state index is 11.9. The smallest absolute Gasteiger partial charge is 0.263 e. The summed E-state index contributed by atoms with van der Waals surface area (Å²) in [7, 11) is 0. The minimum absolute atomic E-state index is 0.356. The predicted molar refractivity (Wildman–Crippen MR) is 33.3 cm³/mol. The lowest BCUT2D eigenvalue weighted by atomic mass is 10.4. The highest BCUT2D eigenvalue weighted by molar-refractivity contribution is 5.05. The van der Waals surface area contributed by atoms with Gasteiger partial charge in [0, 0.05) is 5.92 Å². The van der Waals surface area contributed by atoms with E-state index >= 15 is 0 Å². The van der Waals surface area contributed by atoms with Crippen molar-refractivity contribution >= 4 is 0 Å². The van der Waals surface area contributed by atoms with Crippen LogP contribution in [0, 0.1) is 0 Å². The van der Waals surface area contributed by atoms with Crippen molar-refractivity contribution in [2.45, 2.75) is 25.2 Å². The topological polar surface area (TPSA) is 41.6 Å². The van der Waals surface area contributed by atoms with Gasteiger partial charge in [-0.2, -0.15) is 5.10 Å². The quantitative estimate of drug-likeness (QED) is 0.712. The summed E-state index contributed by atoms with van der Waals surface area (Å²) < 4.78 is 23.8. The average molecular weight is 159 g/mol. The lowest BCUT2D eigenvalue weighted by molar-refractivity contribution is 0.140. The summed E-state index contributed by atoms with van der Waals surface area (Å²) in [5, 5.41) is 5.90. The summed E-state index contributed by atoms with van der Waals surface area (Å²) in [6.45, 7) is 0. The summed E-state index contributed by atoms with van der Waals surface area (Å²) in [4.78, 5) is 3.66. The van der Waals surface area contributed by atoms with Gasteiger partial charge in [-0.05, 0) is 12.8 Å². The molecule has 1 aliphatic rings. The van der Waals surface area contributed by atoms with Crippen molar-refractivity contribution in [1.29, 1.82) is 0 Å². The fourth-order valence-corrected chi connectivity index (χ4v) is 0.925. The molecule has 1 aromatic heterocycles. The average Bonchev–Trinajstić information content (AvgIpc) is 2.68. The van der Waals surface area contributed by atoms with Gasteiger partial charge in [0.1, 0.15) is 5.82 Å². The van der Waals surface area contributed by atoms with Crippen LogP contribution in [0.2, 0.25) is 0 Å². The Bertz CT molecular complexity index is 238. The number of hydrogen-bond acceptors (Lipinski definition) is 2. The second-order valence-corrected chi connectivity index (χ2v) is 2.65. The molecular formula is C6H7F2N3. The Hall–Kier alpha value is -1.00. The van der Waals surface area contributed by atoms with Gasteiger partial charge in [0.05, 0.1) is 0 Å². The molecule has 0 unspecified atom stereocenters. The van der Waals surface area contributed by atoms with Crippen molar-refractivity contribution in [1.82, 2.24) is 15.2 Å². The van der Waals surface area contributed by atoms with E-state index in [0.29, 0.717) is 11.7 Å². The summed E-state index contributed by atoms with van der Waals surface area (Å²) in [5.41, 5.74) is 0. The zero-order chi connectivity index (χ0) is 7.84. The number of aromatic nitrogens is 3. The van der Waals surface area contributed by atoms with Gasteiger partial charge in [-0.1, -0.05) is 0 Å². The molecule has 1 aromatic rings. The monoisotopic (exact) mass is 159 g/mol. The molecule has 5 heteroatoms. The Labute approximate surface area is 61.8 Å². The standard InChI is InChI=1S/C6H7F2N3/c7-4(8)6-9-5(10-11-6)3-1-2-3/h3-4H,1-2H2,(H,9,10,11). The molecule has 1 saturated carbocycles. The normalized spacial score (nSPS) is 17.7. The second-order valence-electron chi connectivity index (χ2n) is 2.65. The molecule has 1 N–H and O–H groups in total. The number of hydrogen-bond donors (Lipinski definition) is 1. The molecule has 0 amide bonds. The van der Waals surface area contributed by atoms with E-state index in [9.17, 15) is 8.78 Å². The molecule has 11 heavy (non-hydrogen) atoms. The van der Waals surface area contributed by atoms with Crippen LogP contribution in [-0.2, 0) is 0 Å². The van der Waals surface area contributed by atoms with Crippen LogP contribution in [0.15, 0.2) is 0 Å². The highest BCUT2D eigenvalue weighted by atomic mass is 19.3. The third-order valence-corrected chi connectivity index (χ3v) is 1.68. The van der Waals surface area contributed by atoms with Crippen LogP contribution < -0.4 is 0 Å². The molecule has 2 rings (SSSR count). The molecule has 0 saturated heterocycles. The predicted octanol–water partition coefficient (Wildman–Crippen LogP) is 1.62. The van der Waals surface area contributed by atoms with Crippen LogP contribution in [0.5, 0.6) is 0 Å². The van der Waals surface area contributed by atoms with Crippen molar-refractivity contribution in [3.05, 3.63) is 11.6 Å². The lowest BCUT2D eigenvalue weighted by Crippen LogP contribution is -1.86. The summed E-state index contributed by atoms with van der Waals surface area (Å²) in [5.74, 6) is 0.585. The fourth-order valence-electron chi connectivity index (χ4n) is 0.925. The molecule has 0 bridgehead atoms. The number of aromatic amines is 1. The Morgan fingerprint density at radius 3 is 2.64 bits per heavy atom. The molecule has 1 fully saturated rings. The molecular weight excluding hydrogens is 152 g/mol. The summed E-state index contributed by atoms with van der Waals surface area (Å²) >= 11 is 0. The van der Waals surface area contributed by atoms with Crippen molar-refractivity contribution < 1.29 is 8.78 Å². The number of nitrogens with zero attached hydrogens (tertiary/aromatic N) is 2. The number of H-pyrrole nitrogens is 1. The largest absolute Gasteiger partial charge is 0.299 e. The van der Waals surface area contributed by atoms with Crippen molar-refractivity contribution in [3.63, 3.8) is 0 Å². The Balaban J connectivity index is 2.18. The van der Waals surface area contributed by atoms with Crippen LogP contribution in [0.1, 0.15) is 36.8 Å². The first-order valence-electron chi connectivity index (χ1n) is 3.47. The van der Waals surface area contributed by atoms with Crippen LogP contribution >= 0.6 is 0 Å². The van der Waals surface area contributed by atoms with Gasteiger partial charge in [0.25, 0.3) is 6.43 Å². The molecule has 3 nitrogen and oxygen atoms in total. The number of halogens is 2. The van der Waals surface area contributed by atoms with Crippen molar-refractivity contribution in [3.8, 4) is 0 Å². The minimum atomic E-state index is -2.56. The molecule has 0 aliphatic heterocycles. The first-order valence-corrected chi connectivity index (χ1v) is 3.47. The van der Waals surface area contributed by atoms with Gasteiger partial charge in [-0.3, -0.25) is 5.10 Å². The fraction of sp³-hybridized carbons (Fsp3) is 0.667. The number of alkyl halides is 2. The van der Waals surface area contributed by atoms with Crippen molar-refractivity contribution in [2.75, 3.05) is 0 Å². The van der Waals surface area contributed by atoms with Crippen LogP contribution in [0.4, 0.5) is 8.78 Å². The third-order valence-electron chi connectivity index (χ3n) is 1.68. The summed E-state index contributed by atoms with van der Waals surface area (Å²) in [6, 6.07) is 0. The molecule has 0 radical (unpaired) electrons. The van der Waals surface area contributed by atoms with Gasteiger partial charge in [-0.15, -0.1) is 0 Å². The highest BCUT2D eigenvalue weighted by Crippen LogP contribution is 2.38. The highest BCUT2D eigenvalue weighted by Gasteiger charge is 2.28. The van der Waals surface area contributed by atoms with E-state index in [1.807, 2.05) is 0 Å². The second kappa shape index (κ2) is 2.25. The van der Waals surface area contributed by atoms with E-state index in [1.165, 1.54) is 0 Å². The molecule has 60 valence electrons. The van der Waals surface area contributed by atoms with Gasteiger partial charge < -0.3 is 0 Å². The van der Waals surface area contributed by atoms with E-state index in [4.69, 9.17) is 0 Å². The third kappa shape index (κ3) is 1.22. The first kappa shape index (κ1) is 6.69. The SMILES string of the molecule is FC(F)c1n[nH]c(C2CC2)n1. The zero-order valence-electron chi connectivity index (χ0n) is 5.72. The van der Waals surface area contributed by atoms with E-state index in [-0.39, 0.29) is 5.82 Å². The zero-order valence-corrected chi connectivity index (χ0v) is 5.72. The van der Waals surface area contributed by atoms with Gasteiger partial charge in [0.15, 0.2) is 0 Å². The maximum atomic E-state index is 11.9. The number of rotatable bonds is 2. The minimum Gasteiger partial charge on any atom is -0.263 e.